The van der Waals surface area contributed by atoms with E-state index in [1.807, 2.05) is 12.1 Å². The van der Waals surface area contributed by atoms with E-state index in [2.05, 4.69) is 11.4 Å². The lowest BCUT2D eigenvalue weighted by atomic mass is 9.83. The Kier molecular flexibility index (Phi) is 3.04. The van der Waals surface area contributed by atoms with Gasteiger partial charge in [0.2, 0.25) is 5.91 Å². The predicted octanol–water partition coefficient (Wildman–Crippen LogP) is 2.27. The summed E-state index contributed by atoms with van der Waals surface area (Å²) in [6, 6.07) is 6.03. The molecule has 1 saturated carbocycles. The lowest BCUT2D eigenvalue weighted by Gasteiger charge is -2.30. The van der Waals surface area contributed by atoms with Crippen molar-refractivity contribution in [1.82, 2.24) is 0 Å². The molecule has 3 nitrogen and oxygen atoms in total. The predicted molar refractivity (Wildman–Crippen MR) is 71.0 cm³/mol. The first kappa shape index (κ1) is 12.0. The number of aliphatic hydroxyl groups excluding tert-OH is 1. The molecule has 3 rings (SSSR count). The Morgan fingerprint density at radius 1 is 1.39 bits per heavy atom. The molecule has 1 aromatic rings. The van der Waals surface area contributed by atoms with E-state index in [1.54, 1.807) is 0 Å². The molecule has 18 heavy (non-hydrogen) atoms. The highest BCUT2D eigenvalue weighted by atomic mass is 35.5. The summed E-state index contributed by atoms with van der Waals surface area (Å²) in [6.45, 7) is 0.122. The number of benzene rings is 1. The Hall–Kier alpha value is -1.06. The minimum Gasteiger partial charge on any atom is -0.396 e. The third-order valence-electron chi connectivity index (χ3n) is 4.05. The van der Waals surface area contributed by atoms with Crippen LogP contribution in [0.3, 0.4) is 0 Å². The zero-order chi connectivity index (χ0) is 12.7. The molecule has 3 unspecified atom stereocenters. The molecule has 2 aliphatic rings. The monoisotopic (exact) mass is 265 g/mol. The van der Waals surface area contributed by atoms with Crippen LogP contribution in [0.5, 0.6) is 0 Å². The van der Waals surface area contributed by atoms with E-state index < -0.39 is 0 Å². The Labute approximate surface area is 111 Å². The Bertz CT molecular complexity index is 489. The first-order valence-electron chi connectivity index (χ1n) is 6.39. The van der Waals surface area contributed by atoms with Gasteiger partial charge in [0.1, 0.15) is 0 Å². The molecule has 96 valence electrons. The van der Waals surface area contributed by atoms with Gasteiger partial charge in [-0.3, -0.25) is 4.79 Å². The third kappa shape index (κ3) is 1.82. The molecular weight excluding hydrogens is 250 g/mol. The van der Waals surface area contributed by atoms with Gasteiger partial charge in [-0.1, -0.05) is 12.1 Å². The van der Waals surface area contributed by atoms with Crippen LogP contribution in [-0.4, -0.2) is 23.0 Å². The van der Waals surface area contributed by atoms with Crippen LogP contribution in [0.2, 0.25) is 0 Å². The highest BCUT2D eigenvalue weighted by molar-refractivity contribution is 6.22. The summed E-state index contributed by atoms with van der Waals surface area (Å²) in [7, 11) is 0. The number of hydrogen-bond acceptors (Lipinski definition) is 2. The lowest BCUT2D eigenvalue weighted by molar-refractivity contribution is -0.120. The lowest BCUT2D eigenvalue weighted by Crippen LogP contribution is -2.32. The second-order valence-corrected chi connectivity index (χ2v) is 5.67. The number of hydrogen-bond donors (Lipinski definition) is 2. The maximum absolute atomic E-state index is 12.0. The fourth-order valence-corrected chi connectivity index (χ4v) is 3.61. The van der Waals surface area contributed by atoms with Crippen molar-refractivity contribution >= 4 is 23.2 Å². The quantitative estimate of drug-likeness (QED) is 0.806. The topological polar surface area (TPSA) is 49.3 Å². The molecule has 1 heterocycles. The second kappa shape index (κ2) is 4.56. The van der Waals surface area contributed by atoms with Crippen molar-refractivity contribution in [3.8, 4) is 0 Å². The fourth-order valence-electron chi connectivity index (χ4n) is 3.17. The zero-order valence-corrected chi connectivity index (χ0v) is 10.8. The van der Waals surface area contributed by atoms with E-state index in [1.165, 1.54) is 0 Å². The SMILES string of the molecule is O=C1Nc2cc(CCO)ccc2C2C(Cl)CCC12. The minimum atomic E-state index is 0.0312. The number of nitrogens with one attached hydrogen (secondary N) is 1. The van der Waals surface area contributed by atoms with E-state index in [0.717, 1.165) is 29.7 Å². The van der Waals surface area contributed by atoms with Gasteiger partial charge >= 0.3 is 0 Å². The largest absolute Gasteiger partial charge is 0.396 e. The molecule has 1 amide bonds. The van der Waals surface area contributed by atoms with Crippen molar-refractivity contribution in [2.75, 3.05) is 11.9 Å². The number of amides is 1. The molecule has 0 spiro atoms. The number of anilines is 1. The molecule has 1 aliphatic carbocycles. The number of rotatable bonds is 2. The van der Waals surface area contributed by atoms with Crippen LogP contribution in [0.15, 0.2) is 18.2 Å². The first-order valence-corrected chi connectivity index (χ1v) is 6.83. The van der Waals surface area contributed by atoms with Crippen molar-refractivity contribution in [1.29, 1.82) is 0 Å². The number of carbonyl (C=O) groups is 1. The van der Waals surface area contributed by atoms with Crippen LogP contribution in [0.25, 0.3) is 0 Å². The number of carbonyl (C=O) groups excluding carboxylic acids is 1. The number of fused-ring (bicyclic) bond motifs is 3. The maximum Gasteiger partial charge on any atom is 0.228 e. The second-order valence-electron chi connectivity index (χ2n) is 5.11. The summed E-state index contributed by atoms with van der Waals surface area (Å²) >= 11 is 6.36. The van der Waals surface area contributed by atoms with Gasteiger partial charge in [-0.2, -0.15) is 0 Å². The normalized spacial score (nSPS) is 29.7. The van der Waals surface area contributed by atoms with Crippen LogP contribution in [0, 0.1) is 5.92 Å². The van der Waals surface area contributed by atoms with Crippen LogP contribution in [0.1, 0.15) is 29.9 Å². The van der Waals surface area contributed by atoms with Gasteiger partial charge in [-0.05, 0) is 36.5 Å². The van der Waals surface area contributed by atoms with Gasteiger partial charge < -0.3 is 10.4 Å². The van der Waals surface area contributed by atoms with Gasteiger partial charge in [0.05, 0.1) is 0 Å². The average Bonchev–Trinajstić information content (AvgIpc) is 2.73. The van der Waals surface area contributed by atoms with Crippen molar-refractivity contribution in [3.63, 3.8) is 0 Å². The standard InChI is InChI=1S/C14H16ClNO2/c15-11-4-3-10-13(11)9-2-1-8(5-6-17)7-12(9)16-14(10)18/h1-2,7,10-11,13,17H,3-6H2,(H,16,18). The Balaban J connectivity index is 2.01. The molecule has 1 fully saturated rings. The molecule has 1 aliphatic heterocycles. The molecule has 1 aromatic carbocycles. The maximum atomic E-state index is 12.0. The Morgan fingerprint density at radius 2 is 2.22 bits per heavy atom. The van der Waals surface area contributed by atoms with E-state index >= 15 is 0 Å². The van der Waals surface area contributed by atoms with Gasteiger partial charge in [-0.25, -0.2) is 0 Å². The van der Waals surface area contributed by atoms with Gasteiger partial charge in [0, 0.05) is 29.5 Å². The molecule has 0 saturated heterocycles. The van der Waals surface area contributed by atoms with Crippen LogP contribution in [0.4, 0.5) is 5.69 Å². The van der Waals surface area contributed by atoms with E-state index in [4.69, 9.17) is 16.7 Å². The summed E-state index contributed by atoms with van der Waals surface area (Å²) in [5, 5.41) is 12.0. The number of halogens is 1. The number of alkyl halides is 1. The summed E-state index contributed by atoms with van der Waals surface area (Å²) < 4.78 is 0. The summed E-state index contributed by atoms with van der Waals surface area (Å²) in [4.78, 5) is 12.0. The molecule has 0 aromatic heterocycles. The first-order chi connectivity index (χ1) is 8.70. The highest BCUT2D eigenvalue weighted by Crippen LogP contribution is 2.48. The highest BCUT2D eigenvalue weighted by Gasteiger charge is 2.44. The van der Waals surface area contributed by atoms with E-state index in [-0.39, 0.29) is 29.7 Å². The van der Waals surface area contributed by atoms with Crippen molar-refractivity contribution in [2.24, 2.45) is 5.92 Å². The molecule has 0 radical (unpaired) electrons. The van der Waals surface area contributed by atoms with Gasteiger partial charge in [-0.15, -0.1) is 11.6 Å². The molecule has 0 bridgehead atoms. The van der Waals surface area contributed by atoms with Crippen molar-refractivity contribution in [3.05, 3.63) is 29.3 Å². The summed E-state index contributed by atoms with van der Waals surface area (Å²) in [5.41, 5.74) is 3.07. The van der Waals surface area contributed by atoms with E-state index in [0.29, 0.717) is 6.42 Å². The third-order valence-corrected chi connectivity index (χ3v) is 4.54. The van der Waals surface area contributed by atoms with Crippen LogP contribution in [-0.2, 0) is 11.2 Å². The van der Waals surface area contributed by atoms with Gasteiger partial charge in [0.25, 0.3) is 0 Å². The average molecular weight is 266 g/mol. The van der Waals surface area contributed by atoms with E-state index in [9.17, 15) is 4.79 Å². The van der Waals surface area contributed by atoms with Crippen molar-refractivity contribution in [2.45, 2.75) is 30.6 Å². The van der Waals surface area contributed by atoms with Gasteiger partial charge in [0.15, 0.2) is 0 Å². The molecular formula is C14H16ClNO2. The number of aliphatic hydroxyl groups is 1. The zero-order valence-electron chi connectivity index (χ0n) is 10.0. The molecule has 4 heteroatoms. The summed E-state index contributed by atoms with van der Waals surface area (Å²) in [5.74, 6) is 0.277. The van der Waals surface area contributed by atoms with Crippen LogP contribution >= 0.6 is 11.6 Å². The smallest absolute Gasteiger partial charge is 0.228 e. The molecule has 2 N–H and O–H groups in total. The summed E-state index contributed by atoms with van der Waals surface area (Å²) in [6.07, 6.45) is 2.40. The minimum absolute atomic E-state index is 0.0312. The fraction of sp³-hybridized carbons (Fsp3) is 0.500. The Morgan fingerprint density at radius 3 is 3.00 bits per heavy atom. The van der Waals surface area contributed by atoms with Crippen LogP contribution < -0.4 is 5.32 Å². The van der Waals surface area contributed by atoms with Crippen molar-refractivity contribution < 1.29 is 9.90 Å². The molecule has 3 atom stereocenters.